The molecule has 0 spiro atoms. The summed E-state index contributed by atoms with van der Waals surface area (Å²) in [5.41, 5.74) is 4.80. The number of benzene rings is 3. The number of imidazole rings is 1. The molecule has 0 atom stereocenters. The topological polar surface area (TPSA) is 111 Å². The molecular weight excluding hydrogens is 540 g/mol. The van der Waals surface area contributed by atoms with Gasteiger partial charge in [0, 0.05) is 25.7 Å². The highest BCUT2D eigenvalue weighted by molar-refractivity contribution is 7.89. The van der Waals surface area contributed by atoms with E-state index in [2.05, 4.69) is 22.4 Å². The van der Waals surface area contributed by atoms with Crippen LogP contribution in [0.5, 0.6) is 0 Å². The Morgan fingerprint density at radius 3 is 2.29 bits per heavy atom. The van der Waals surface area contributed by atoms with Gasteiger partial charge in [-0.3, -0.25) is 4.79 Å². The second kappa shape index (κ2) is 12.2. The molecule has 41 heavy (non-hydrogen) atoms. The number of nitrogens with one attached hydrogen (secondary N) is 1. The molecule has 4 aromatic rings. The zero-order chi connectivity index (χ0) is 29.0. The van der Waals surface area contributed by atoms with E-state index in [0.29, 0.717) is 49.1 Å². The summed E-state index contributed by atoms with van der Waals surface area (Å²) in [4.78, 5) is 30.7. The lowest BCUT2D eigenvalue weighted by molar-refractivity contribution is 0.0526. The number of rotatable bonds is 9. The van der Waals surface area contributed by atoms with E-state index >= 15 is 0 Å². The molecule has 1 aliphatic heterocycles. The Bertz CT molecular complexity index is 1640. The molecular formula is C31H34N4O5S. The minimum atomic E-state index is -3.25. The van der Waals surface area contributed by atoms with Gasteiger partial charge in [0.15, 0.2) is 5.82 Å². The number of sulfonamides is 1. The van der Waals surface area contributed by atoms with Crippen LogP contribution < -0.4 is 5.32 Å². The molecule has 10 heteroatoms. The highest BCUT2D eigenvalue weighted by atomic mass is 32.2. The predicted octanol–water partition coefficient (Wildman–Crippen LogP) is 4.47. The average Bonchev–Trinajstić information content (AvgIpc) is 3.36. The maximum absolute atomic E-state index is 13.6. The van der Waals surface area contributed by atoms with Crippen LogP contribution in [-0.2, 0) is 21.3 Å². The number of carbonyl (C=O) groups excluding carboxylic acids is 2. The fourth-order valence-corrected chi connectivity index (χ4v) is 6.26. The van der Waals surface area contributed by atoms with Gasteiger partial charge in [0.1, 0.15) is 0 Å². The first-order valence-electron chi connectivity index (χ1n) is 13.9. The van der Waals surface area contributed by atoms with Gasteiger partial charge < -0.3 is 14.6 Å². The highest BCUT2D eigenvalue weighted by Gasteiger charge is 2.29. The molecule has 1 saturated heterocycles. The van der Waals surface area contributed by atoms with Crippen LogP contribution >= 0.6 is 0 Å². The van der Waals surface area contributed by atoms with Crippen molar-refractivity contribution in [2.24, 2.45) is 0 Å². The first-order chi connectivity index (χ1) is 19.8. The third kappa shape index (κ3) is 6.34. The molecule has 9 nitrogen and oxygen atoms in total. The number of fused-ring (bicyclic) bond motifs is 1. The number of carbonyl (C=O) groups is 2. The van der Waals surface area contributed by atoms with Crippen molar-refractivity contribution >= 4 is 32.9 Å². The summed E-state index contributed by atoms with van der Waals surface area (Å²) in [5, 5.41) is 3.07. The van der Waals surface area contributed by atoms with Crippen molar-refractivity contribution in [2.45, 2.75) is 39.3 Å². The summed E-state index contributed by atoms with van der Waals surface area (Å²) in [6.07, 6.45) is 1.05. The van der Waals surface area contributed by atoms with Gasteiger partial charge in [0.25, 0.3) is 5.91 Å². The Labute approximate surface area is 240 Å². The van der Waals surface area contributed by atoms with Crippen molar-refractivity contribution in [2.75, 3.05) is 25.4 Å². The van der Waals surface area contributed by atoms with Crippen LogP contribution in [0.4, 0.5) is 0 Å². The fraction of sp³-hybridized carbons (Fsp3) is 0.323. The van der Waals surface area contributed by atoms with Gasteiger partial charge in [-0.05, 0) is 61.6 Å². The molecule has 1 aromatic heterocycles. The van der Waals surface area contributed by atoms with E-state index in [1.165, 1.54) is 4.31 Å². The Morgan fingerprint density at radius 2 is 1.63 bits per heavy atom. The van der Waals surface area contributed by atoms with Crippen molar-refractivity contribution in [1.29, 1.82) is 0 Å². The monoisotopic (exact) mass is 574 g/mol. The number of amides is 1. The van der Waals surface area contributed by atoms with Crippen molar-refractivity contribution in [3.05, 3.63) is 89.7 Å². The van der Waals surface area contributed by atoms with Crippen LogP contribution in [0.15, 0.2) is 72.8 Å². The maximum Gasteiger partial charge on any atom is 0.338 e. The molecule has 2 heterocycles. The van der Waals surface area contributed by atoms with E-state index in [4.69, 9.17) is 4.74 Å². The summed E-state index contributed by atoms with van der Waals surface area (Å²) in [5.74, 6) is -0.476. The standard InChI is InChI=1S/C31H34N4O5S/c1-3-40-31(37)25-14-15-27-28(20-25)35(21-22-10-12-24(13-11-22)23-8-6-5-7-9-23)29(33-27)30(36)32-26-16-18-34(19-17-26)41(38,39)4-2/h5-15,20,26H,3-4,16-19,21H2,1-2H3,(H,32,36). The lowest BCUT2D eigenvalue weighted by Crippen LogP contribution is -2.47. The molecule has 0 unspecified atom stereocenters. The van der Waals surface area contributed by atoms with Crippen molar-refractivity contribution < 1.29 is 22.7 Å². The smallest absolute Gasteiger partial charge is 0.338 e. The fourth-order valence-electron chi connectivity index (χ4n) is 5.12. The molecule has 0 aliphatic carbocycles. The van der Waals surface area contributed by atoms with Crippen LogP contribution in [0.25, 0.3) is 22.2 Å². The molecule has 0 saturated carbocycles. The zero-order valence-electron chi connectivity index (χ0n) is 23.2. The van der Waals surface area contributed by atoms with Crippen LogP contribution in [-0.4, -0.2) is 65.6 Å². The first kappa shape index (κ1) is 28.5. The van der Waals surface area contributed by atoms with Gasteiger partial charge in [-0.15, -0.1) is 0 Å². The molecule has 1 N–H and O–H groups in total. The van der Waals surface area contributed by atoms with E-state index < -0.39 is 16.0 Å². The Balaban J connectivity index is 1.43. The summed E-state index contributed by atoms with van der Waals surface area (Å²) >= 11 is 0. The van der Waals surface area contributed by atoms with E-state index in [1.54, 1.807) is 32.0 Å². The lowest BCUT2D eigenvalue weighted by Gasteiger charge is -2.31. The highest BCUT2D eigenvalue weighted by Crippen LogP contribution is 2.24. The number of nitrogens with zero attached hydrogens (tertiary/aromatic N) is 3. The van der Waals surface area contributed by atoms with E-state index in [9.17, 15) is 18.0 Å². The minimum Gasteiger partial charge on any atom is -0.462 e. The van der Waals surface area contributed by atoms with Crippen molar-refractivity contribution in [3.63, 3.8) is 0 Å². The molecule has 0 bridgehead atoms. The first-order valence-corrected chi connectivity index (χ1v) is 15.5. The Kier molecular flexibility index (Phi) is 8.51. The number of piperidine rings is 1. The van der Waals surface area contributed by atoms with Crippen LogP contribution in [0.1, 0.15) is 53.2 Å². The Morgan fingerprint density at radius 1 is 0.951 bits per heavy atom. The van der Waals surface area contributed by atoms with Gasteiger partial charge in [-0.25, -0.2) is 22.5 Å². The molecule has 5 rings (SSSR count). The molecule has 3 aromatic carbocycles. The summed E-state index contributed by atoms with van der Waals surface area (Å²) in [7, 11) is -3.25. The molecule has 1 fully saturated rings. The third-order valence-corrected chi connectivity index (χ3v) is 9.29. The van der Waals surface area contributed by atoms with E-state index in [0.717, 1.165) is 16.7 Å². The van der Waals surface area contributed by atoms with E-state index in [1.807, 2.05) is 47.0 Å². The SMILES string of the molecule is CCOC(=O)c1ccc2nc(C(=O)NC3CCN(S(=O)(=O)CC)CC3)n(Cc3ccc(-c4ccccc4)cc3)c2c1. The van der Waals surface area contributed by atoms with Gasteiger partial charge in [0.05, 0.1) is 29.0 Å². The Hall–Kier alpha value is -4.02. The summed E-state index contributed by atoms with van der Waals surface area (Å²) < 4.78 is 33.0. The number of esters is 1. The molecule has 1 amide bonds. The van der Waals surface area contributed by atoms with Crippen LogP contribution in [0.2, 0.25) is 0 Å². The average molecular weight is 575 g/mol. The van der Waals surface area contributed by atoms with Crippen molar-refractivity contribution in [1.82, 2.24) is 19.2 Å². The lowest BCUT2D eigenvalue weighted by atomic mass is 10.0. The number of aromatic nitrogens is 2. The number of hydrogen-bond acceptors (Lipinski definition) is 6. The van der Waals surface area contributed by atoms with Gasteiger partial charge >= 0.3 is 5.97 Å². The second-order valence-electron chi connectivity index (χ2n) is 10.1. The van der Waals surface area contributed by atoms with Crippen LogP contribution in [0, 0.1) is 0 Å². The minimum absolute atomic E-state index is 0.0637. The largest absolute Gasteiger partial charge is 0.462 e. The van der Waals surface area contributed by atoms with Crippen LogP contribution in [0.3, 0.4) is 0 Å². The molecule has 1 aliphatic rings. The van der Waals surface area contributed by atoms with Gasteiger partial charge in [-0.1, -0.05) is 54.6 Å². The van der Waals surface area contributed by atoms with Gasteiger partial charge in [-0.2, -0.15) is 0 Å². The normalized spacial score (nSPS) is 14.7. The summed E-state index contributed by atoms with van der Waals surface area (Å²) in [6.45, 7) is 4.76. The number of hydrogen-bond donors (Lipinski definition) is 1. The van der Waals surface area contributed by atoms with Gasteiger partial charge in [0.2, 0.25) is 10.0 Å². The van der Waals surface area contributed by atoms with E-state index in [-0.39, 0.29) is 30.1 Å². The molecule has 214 valence electrons. The summed E-state index contributed by atoms with van der Waals surface area (Å²) in [6, 6.07) is 23.2. The second-order valence-corrected chi connectivity index (χ2v) is 12.3. The maximum atomic E-state index is 13.6. The number of ether oxygens (including phenoxy) is 1. The third-order valence-electron chi connectivity index (χ3n) is 7.41. The predicted molar refractivity (Wildman–Crippen MR) is 158 cm³/mol. The quantitative estimate of drug-likeness (QED) is 0.295. The zero-order valence-corrected chi connectivity index (χ0v) is 24.1. The molecule has 0 radical (unpaired) electrons. The van der Waals surface area contributed by atoms with Crippen molar-refractivity contribution in [3.8, 4) is 11.1 Å².